The van der Waals surface area contributed by atoms with Gasteiger partial charge in [0.1, 0.15) is 0 Å². The second-order valence-corrected chi connectivity index (χ2v) is 12.8. The molecule has 0 atom stereocenters. The second kappa shape index (κ2) is 19.8. The van der Waals surface area contributed by atoms with Crippen LogP contribution in [0.1, 0.15) is 41.0 Å². The predicted molar refractivity (Wildman–Crippen MR) is 128 cm³/mol. The molecular formula is C20H50N2O6Si2. The van der Waals surface area contributed by atoms with Crippen LogP contribution >= 0.6 is 0 Å². The lowest BCUT2D eigenvalue weighted by atomic mass is 10.5. The van der Waals surface area contributed by atoms with Crippen molar-refractivity contribution in [1.82, 2.24) is 9.80 Å². The van der Waals surface area contributed by atoms with Gasteiger partial charge in [-0.25, -0.2) is 0 Å². The minimum Gasteiger partial charge on any atom is -0.377 e. The highest BCUT2D eigenvalue weighted by Crippen LogP contribution is 2.18. The molecule has 0 unspecified atom stereocenters. The number of hydrogen-bond donors (Lipinski definition) is 0. The lowest BCUT2D eigenvalue weighted by Gasteiger charge is -2.28. The van der Waals surface area contributed by atoms with Gasteiger partial charge < -0.3 is 36.4 Å². The van der Waals surface area contributed by atoms with Crippen LogP contribution in [0.2, 0.25) is 12.1 Å². The topological polar surface area (TPSA) is 61.9 Å². The molecule has 0 saturated heterocycles. The first kappa shape index (κ1) is 32.3. The van der Waals surface area contributed by atoms with Crippen LogP contribution < -0.4 is 0 Å². The van der Waals surface area contributed by atoms with Crippen LogP contribution in [0.3, 0.4) is 0 Å². The average Bonchev–Trinajstić information content (AvgIpc) is 2.73. The molecule has 0 spiro atoms. The molecule has 0 saturated carbocycles. The summed E-state index contributed by atoms with van der Waals surface area (Å²) in [5, 5.41) is 0. The van der Waals surface area contributed by atoms with Crippen LogP contribution in [0.15, 0.2) is 0 Å². The molecule has 8 nitrogen and oxygen atoms in total. The van der Waals surface area contributed by atoms with E-state index in [2.05, 4.69) is 37.7 Å². The zero-order valence-corrected chi connectivity index (χ0v) is 23.4. The summed E-state index contributed by atoms with van der Waals surface area (Å²) in [7, 11) is 4.37. The molecule has 0 bridgehead atoms. The van der Waals surface area contributed by atoms with Gasteiger partial charge >= 0.3 is 17.6 Å². The van der Waals surface area contributed by atoms with Gasteiger partial charge in [0, 0.05) is 59.8 Å². The van der Waals surface area contributed by atoms with Crippen LogP contribution in [0.25, 0.3) is 0 Å². The number of hydrogen-bond acceptors (Lipinski definition) is 8. The van der Waals surface area contributed by atoms with Gasteiger partial charge in [0.05, 0.1) is 0 Å². The fourth-order valence-corrected chi connectivity index (χ4v) is 7.30. The van der Waals surface area contributed by atoms with E-state index in [0.717, 1.165) is 44.7 Å². The minimum absolute atomic E-state index is 0.661. The normalized spacial score (nSPS) is 12.4. The fourth-order valence-electron chi connectivity index (χ4n) is 3.00. The van der Waals surface area contributed by atoms with Gasteiger partial charge in [0.25, 0.3) is 0 Å². The van der Waals surface area contributed by atoms with E-state index in [1.165, 1.54) is 0 Å². The van der Waals surface area contributed by atoms with Crippen molar-refractivity contribution in [1.29, 1.82) is 0 Å². The summed E-state index contributed by atoms with van der Waals surface area (Å²) in [6, 6.07) is 1.75. The quantitative estimate of drug-likeness (QED) is 0.283. The molecule has 10 heteroatoms. The van der Waals surface area contributed by atoms with Crippen molar-refractivity contribution in [2.45, 2.75) is 53.1 Å². The molecule has 0 fully saturated rings. The van der Waals surface area contributed by atoms with E-state index in [4.69, 9.17) is 26.6 Å². The van der Waals surface area contributed by atoms with Crippen molar-refractivity contribution in [3.05, 3.63) is 0 Å². The summed E-state index contributed by atoms with van der Waals surface area (Å²) >= 11 is 0. The van der Waals surface area contributed by atoms with E-state index in [0.29, 0.717) is 19.8 Å². The molecular weight excluding hydrogens is 420 g/mol. The molecule has 0 aromatic heterocycles. The second-order valence-electron chi connectivity index (χ2n) is 6.96. The smallest absolute Gasteiger partial charge is 0.377 e. The molecule has 0 aliphatic heterocycles. The molecule has 0 aliphatic rings. The Bertz CT molecular complexity index is 348. The van der Waals surface area contributed by atoms with Gasteiger partial charge in [0.2, 0.25) is 0 Å². The third kappa shape index (κ3) is 14.2. The number of rotatable bonds is 18. The van der Waals surface area contributed by atoms with E-state index in [1.54, 1.807) is 21.3 Å². The molecule has 0 aliphatic carbocycles. The lowest BCUT2D eigenvalue weighted by molar-refractivity contribution is 0.0703. The van der Waals surface area contributed by atoms with Gasteiger partial charge in [-0.05, 0) is 60.9 Å². The van der Waals surface area contributed by atoms with E-state index >= 15 is 0 Å². The molecule has 0 rings (SSSR count). The zero-order valence-electron chi connectivity index (χ0n) is 21.4. The first-order valence-electron chi connectivity index (χ1n) is 11.2. The Balaban J connectivity index is 0. The van der Waals surface area contributed by atoms with Gasteiger partial charge in [-0.3, -0.25) is 0 Å². The Labute approximate surface area is 188 Å². The van der Waals surface area contributed by atoms with Crippen molar-refractivity contribution in [3.63, 3.8) is 0 Å². The zero-order chi connectivity index (χ0) is 23.5. The Morgan fingerprint density at radius 3 is 1.33 bits per heavy atom. The van der Waals surface area contributed by atoms with Crippen molar-refractivity contribution in [3.8, 4) is 0 Å². The van der Waals surface area contributed by atoms with Gasteiger partial charge in [-0.15, -0.1) is 0 Å². The van der Waals surface area contributed by atoms with E-state index in [-0.39, 0.29) is 0 Å². The van der Waals surface area contributed by atoms with Crippen molar-refractivity contribution in [2.75, 3.05) is 81.4 Å². The van der Waals surface area contributed by atoms with E-state index in [9.17, 15) is 0 Å². The Kier molecular flexibility index (Phi) is 21.3. The van der Waals surface area contributed by atoms with Crippen LogP contribution in [-0.2, 0) is 26.6 Å². The molecule has 0 heterocycles. The maximum absolute atomic E-state index is 5.77. The van der Waals surface area contributed by atoms with Crippen molar-refractivity contribution >= 4 is 17.6 Å². The average molecular weight is 471 g/mol. The molecule has 0 amide bonds. The summed E-state index contributed by atoms with van der Waals surface area (Å²) in [5.41, 5.74) is 0. The third-order valence-electron chi connectivity index (χ3n) is 4.74. The van der Waals surface area contributed by atoms with Crippen LogP contribution in [-0.4, -0.2) is 109 Å². The maximum Gasteiger partial charge on any atom is 0.501 e. The Morgan fingerprint density at radius 2 is 1.03 bits per heavy atom. The highest BCUT2D eigenvalue weighted by Gasteiger charge is 2.39. The summed E-state index contributed by atoms with van der Waals surface area (Å²) in [5.74, 6) is 0. The Morgan fingerprint density at radius 1 is 0.600 bits per heavy atom. The van der Waals surface area contributed by atoms with Gasteiger partial charge in [-0.2, -0.15) is 0 Å². The highest BCUT2D eigenvalue weighted by atomic mass is 28.4. The standard InChI is InChI=1S/C11H27NO3Si.C9H23NO3Si/c1-6-13-16(14-7-2,15-8-3)11-9-10-12(4)5;1-6-10(7-2)8-9-14(11-3,12-4)13-5/h6-11H2,1-5H3;6-9H2,1-5H3. The molecule has 30 heavy (non-hydrogen) atoms. The first-order valence-corrected chi connectivity index (χ1v) is 15.1. The van der Waals surface area contributed by atoms with Gasteiger partial charge in [0.15, 0.2) is 0 Å². The third-order valence-corrected chi connectivity index (χ3v) is 10.6. The molecule has 0 N–H and O–H groups in total. The summed E-state index contributed by atoms with van der Waals surface area (Å²) in [6.07, 6.45) is 1.05. The Hall–Kier alpha value is 0.114. The van der Waals surface area contributed by atoms with Crippen LogP contribution in [0.5, 0.6) is 0 Å². The summed E-state index contributed by atoms with van der Waals surface area (Å²) in [6.45, 7) is 16.4. The van der Waals surface area contributed by atoms with Crippen LogP contribution in [0.4, 0.5) is 0 Å². The largest absolute Gasteiger partial charge is 0.501 e. The van der Waals surface area contributed by atoms with Crippen molar-refractivity contribution < 1.29 is 26.6 Å². The highest BCUT2D eigenvalue weighted by molar-refractivity contribution is 6.61. The van der Waals surface area contributed by atoms with E-state index in [1.807, 2.05) is 20.8 Å². The number of nitrogens with zero attached hydrogens (tertiary/aromatic N) is 2. The maximum atomic E-state index is 5.77. The summed E-state index contributed by atoms with van der Waals surface area (Å²) < 4.78 is 33.3. The molecule has 0 aromatic rings. The molecule has 184 valence electrons. The molecule has 0 aromatic carbocycles. The fraction of sp³-hybridized carbons (Fsp3) is 1.00. The van der Waals surface area contributed by atoms with Gasteiger partial charge in [-0.1, -0.05) is 13.8 Å². The predicted octanol–water partition coefficient (Wildman–Crippen LogP) is 3.19. The molecule has 0 radical (unpaired) electrons. The SMILES string of the molecule is CCN(CC)CC[Si](OC)(OC)OC.CCO[Si](CCCN(C)C)(OCC)OCC. The first-order chi connectivity index (χ1) is 14.3. The van der Waals surface area contributed by atoms with Crippen LogP contribution in [0, 0.1) is 0 Å². The summed E-state index contributed by atoms with van der Waals surface area (Å²) in [4.78, 5) is 4.50. The minimum atomic E-state index is -2.39. The monoisotopic (exact) mass is 470 g/mol. The van der Waals surface area contributed by atoms with E-state index < -0.39 is 17.6 Å². The lowest BCUT2D eigenvalue weighted by Crippen LogP contribution is -2.46. The van der Waals surface area contributed by atoms with Crippen molar-refractivity contribution in [2.24, 2.45) is 0 Å².